The van der Waals surface area contributed by atoms with E-state index < -0.39 is 5.97 Å². The molecular weight excluding hydrogens is 296 g/mol. The summed E-state index contributed by atoms with van der Waals surface area (Å²) in [5.74, 6) is 3.16. The summed E-state index contributed by atoms with van der Waals surface area (Å²) in [6.07, 6.45) is 15.1. The van der Waals surface area contributed by atoms with E-state index in [9.17, 15) is 4.79 Å². The Kier molecular flexibility index (Phi) is 3.75. The Labute approximate surface area is 146 Å². The van der Waals surface area contributed by atoms with Crippen LogP contribution in [0, 0.1) is 40.4 Å². The van der Waals surface area contributed by atoms with Crippen LogP contribution in [-0.4, -0.2) is 11.1 Å². The van der Waals surface area contributed by atoms with Gasteiger partial charge in [-0.05, 0) is 79.1 Å². The average Bonchev–Trinajstić information content (AvgIpc) is 2.87. The van der Waals surface area contributed by atoms with Gasteiger partial charge in [0, 0.05) is 11.8 Å². The highest BCUT2D eigenvalue weighted by atomic mass is 16.4. The minimum absolute atomic E-state index is 0.333. The van der Waals surface area contributed by atoms with Crippen LogP contribution in [0.4, 0.5) is 0 Å². The normalized spacial score (nSPS) is 47.0. The minimum atomic E-state index is -0.639. The van der Waals surface area contributed by atoms with Crippen LogP contribution in [-0.2, 0) is 4.79 Å². The Balaban J connectivity index is 1.53. The van der Waals surface area contributed by atoms with Gasteiger partial charge >= 0.3 is 5.97 Å². The van der Waals surface area contributed by atoms with E-state index in [0.717, 1.165) is 30.1 Å². The van der Waals surface area contributed by atoms with E-state index in [1.165, 1.54) is 32.1 Å². The van der Waals surface area contributed by atoms with Crippen molar-refractivity contribution in [2.75, 3.05) is 0 Å². The molecule has 0 aromatic rings. The topological polar surface area (TPSA) is 37.3 Å². The van der Waals surface area contributed by atoms with Gasteiger partial charge in [-0.25, -0.2) is 0 Å². The van der Waals surface area contributed by atoms with Crippen molar-refractivity contribution >= 4 is 5.97 Å². The molecule has 0 aromatic heterocycles. The van der Waals surface area contributed by atoms with Gasteiger partial charge in [-0.2, -0.15) is 0 Å². The highest BCUT2D eigenvalue weighted by Crippen LogP contribution is 2.67. The SMILES string of the molecule is C[C@H](CCC(=O)O)[C@H]1CC[C@H]2[C@@H]3CC=C4C=C[C@]4(C)[C@H]3CC[C@]12C. The van der Waals surface area contributed by atoms with Crippen molar-refractivity contribution in [2.24, 2.45) is 40.4 Å². The van der Waals surface area contributed by atoms with Gasteiger partial charge < -0.3 is 5.11 Å². The Morgan fingerprint density at radius 3 is 2.75 bits per heavy atom. The van der Waals surface area contributed by atoms with Crippen molar-refractivity contribution in [2.45, 2.75) is 65.7 Å². The maximum Gasteiger partial charge on any atom is 0.303 e. The summed E-state index contributed by atoms with van der Waals surface area (Å²) in [4.78, 5) is 11.0. The van der Waals surface area contributed by atoms with Gasteiger partial charge in [-0.15, -0.1) is 0 Å². The van der Waals surface area contributed by atoms with E-state index in [4.69, 9.17) is 5.11 Å². The van der Waals surface area contributed by atoms with Crippen molar-refractivity contribution < 1.29 is 9.90 Å². The van der Waals surface area contributed by atoms with Crippen LogP contribution in [0.15, 0.2) is 23.8 Å². The van der Waals surface area contributed by atoms with E-state index in [0.29, 0.717) is 23.2 Å². The highest BCUT2D eigenvalue weighted by Gasteiger charge is 2.58. The van der Waals surface area contributed by atoms with Crippen molar-refractivity contribution in [3.8, 4) is 0 Å². The van der Waals surface area contributed by atoms with Crippen LogP contribution in [0.25, 0.3) is 0 Å². The van der Waals surface area contributed by atoms with Gasteiger partial charge in [0.15, 0.2) is 0 Å². The Morgan fingerprint density at radius 2 is 2.08 bits per heavy atom. The van der Waals surface area contributed by atoms with Crippen molar-refractivity contribution in [1.29, 1.82) is 0 Å². The quantitative estimate of drug-likeness (QED) is 0.745. The molecule has 4 aliphatic rings. The summed E-state index contributed by atoms with van der Waals surface area (Å²) in [5, 5.41) is 9.03. The molecule has 0 bridgehead atoms. The van der Waals surface area contributed by atoms with Crippen molar-refractivity contribution in [3.05, 3.63) is 23.8 Å². The summed E-state index contributed by atoms with van der Waals surface area (Å²) >= 11 is 0. The second kappa shape index (κ2) is 5.47. The lowest BCUT2D eigenvalue weighted by Gasteiger charge is -2.58. The first-order valence-electron chi connectivity index (χ1n) is 9.98. The predicted octanol–water partition coefficient (Wildman–Crippen LogP) is 5.45. The zero-order chi connectivity index (χ0) is 17.1. The first-order chi connectivity index (χ1) is 11.4. The first kappa shape index (κ1) is 16.4. The molecule has 0 heterocycles. The number of hydrogen-bond donors (Lipinski definition) is 1. The number of aliphatic carboxylic acids is 1. The van der Waals surface area contributed by atoms with Crippen LogP contribution < -0.4 is 0 Å². The van der Waals surface area contributed by atoms with Gasteiger partial charge in [0.05, 0.1) is 0 Å². The number of rotatable bonds is 4. The maximum absolute atomic E-state index is 11.0. The van der Waals surface area contributed by atoms with Crippen molar-refractivity contribution in [3.63, 3.8) is 0 Å². The fourth-order valence-corrected chi connectivity index (χ4v) is 7.22. The van der Waals surface area contributed by atoms with Crippen molar-refractivity contribution in [1.82, 2.24) is 0 Å². The molecule has 24 heavy (non-hydrogen) atoms. The standard InChI is InChI=1S/C22H32O2/c1-14(4-9-20(23)24)17-7-8-18-16-6-5-15-10-12-21(15,2)19(16)11-13-22(17,18)3/h5,10,12,14,16-19H,4,6-9,11,13H2,1-3H3,(H,23,24)/t14-,16+,17-,18+,19+,21+,22-/m1/s1. The number of fused-ring (bicyclic) bond motifs is 5. The van der Waals surface area contributed by atoms with E-state index in [1.54, 1.807) is 5.57 Å². The predicted molar refractivity (Wildman–Crippen MR) is 96.5 cm³/mol. The molecule has 0 spiro atoms. The smallest absolute Gasteiger partial charge is 0.303 e. The molecular formula is C22H32O2. The fourth-order valence-electron chi connectivity index (χ4n) is 7.22. The molecule has 0 aromatic carbocycles. The molecule has 2 heteroatoms. The monoisotopic (exact) mass is 328 g/mol. The number of carboxylic acid groups (broad SMARTS) is 1. The third-order valence-corrected chi connectivity index (χ3v) is 8.62. The lowest BCUT2D eigenvalue weighted by Crippen LogP contribution is -2.50. The summed E-state index contributed by atoms with van der Waals surface area (Å²) in [6, 6.07) is 0. The van der Waals surface area contributed by atoms with Crippen LogP contribution in [0.1, 0.15) is 65.7 Å². The maximum atomic E-state index is 11.0. The van der Waals surface area contributed by atoms with E-state index >= 15 is 0 Å². The molecule has 2 saturated carbocycles. The van der Waals surface area contributed by atoms with Gasteiger partial charge in [0.1, 0.15) is 0 Å². The van der Waals surface area contributed by atoms with E-state index in [2.05, 4.69) is 39.0 Å². The zero-order valence-electron chi connectivity index (χ0n) is 15.4. The number of hydrogen-bond acceptors (Lipinski definition) is 1. The average molecular weight is 328 g/mol. The molecule has 0 aliphatic heterocycles. The molecule has 0 radical (unpaired) electrons. The lowest BCUT2D eigenvalue weighted by molar-refractivity contribution is -0.137. The third-order valence-electron chi connectivity index (χ3n) is 8.62. The Hall–Kier alpha value is -1.05. The van der Waals surface area contributed by atoms with Gasteiger partial charge in [-0.3, -0.25) is 4.79 Å². The van der Waals surface area contributed by atoms with E-state index in [1.807, 2.05) is 0 Å². The van der Waals surface area contributed by atoms with Crippen LogP contribution >= 0.6 is 0 Å². The summed E-state index contributed by atoms with van der Waals surface area (Å²) in [5.41, 5.74) is 2.39. The molecule has 0 amide bonds. The first-order valence-corrected chi connectivity index (χ1v) is 9.98. The molecule has 2 nitrogen and oxygen atoms in total. The largest absolute Gasteiger partial charge is 0.481 e. The Bertz CT molecular complexity index is 603. The second-order valence-corrected chi connectivity index (χ2v) is 9.53. The highest BCUT2D eigenvalue weighted by molar-refractivity contribution is 5.66. The molecule has 0 unspecified atom stereocenters. The molecule has 4 aliphatic carbocycles. The summed E-state index contributed by atoms with van der Waals surface area (Å²) in [6.45, 7) is 7.31. The fraction of sp³-hybridized carbons (Fsp3) is 0.773. The third kappa shape index (κ3) is 2.17. The molecule has 2 fully saturated rings. The summed E-state index contributed by atoms with van der Waals surface area (Å²) < 4.78 is 0. The Morgan fingerprint density at radius 1 is 1.29 bits per heavy atom. The van der Waals surface area contributed by atoms with E-state index in [-0.39, 0.29) is 0 Å². The number of carbonyl (C=O) groups is 1. The molecule has 7 atom stereocenters. The van der Waals surface area contributed by atoms with Gasteiger partial charge in [-0.1, -0.05) is 39.0 Å². The second-order valence-electron chi connectivity index (χ2n) is 9.53. The van der Waals surface area contributed by atoms with Crippen LogP contribution in [0.3, 0.4) is 0 Å². The number of allylic oxidation sites excluding steroid dienone is 4. The number of carboxylic acids is 1. The van der Waals surface area contributed by atoms with Crippen LogP contribution in [0.5, 0.6) is 0 Å². The molecule has 4 rings (SSSR count). The molecule has 1 N–H and O–H groups in total. The lowest BCUT2D eigenvalue weighted by atomic mass is 9.47. The van der Waals surface area contributed by atoms with Crippen LogP contribution in [0.2, 0.25) is 0 Å². The molecule has 0 saturated heterocycles. The van der Waals surface area contributed by atoms with Gasteiger partial charge in [0.25, 0.3) is 0 Å². The van der Waals surface area contributed by atoms with Gasteiger partial charge in [0.2, 0.25) is 0 Å². The summed E-state index contributed by atoms with van der Waals surface area (Å²) in [7, 11) is 0. The zero-order valence-corrected chi connectivity index (χ0v) is 15.4. The minimum Gasteiger partial charge on any atom is -0.481 e. The molecule has 132 valence electrons.